The molecule has 20 heavy (non-hydrogen) atoms. The van der Waals surface area contributed by atoms with Gasteiger partial charge in [-0.1, -0.05) is 0 Å². The highest BCUT2D eigenvalue weighted by molar-refractivity contribution is 5.99. The number of aliphatic hydroxyl groups excluding tert-OH is 1. The molecule has 0 aliphatic carbocycles. The predicted octanol–water partition coefficient (Wildman–Crippen LogP) is 0.429. The summed E-state index contributed by atoms with van der Waals surface area (Å²) in [5.74, 6) is -0.0927. The second kappa shape index (κ2) is 5.33. The number of ether oxygens (including phenoxy) is 2. The Morgan fingerprint density at radius 1 is 1.35 bits per heavy atom. The maximum absolute atomic E-state index is 12.2. The van der Waals surface area contributed by atoms with E-state index in [1.165, 1.54) is 25.2 Å². The fourth-order valence-corrected chi connectivity index (χ4v) is 1.98. The van der Waals surface area contributed by atoms with E-state index >= 15 is 0 Å². The van der Waals surface area contributed by atoms with Gasteiger partial charge in [-0.25, -0.2) is 0 Å². The number of methoxy groups -OCH3 is 2. The fraction of sp³-hybridized carbons (Fsp3) is 0.417. The van der Waals surface area contributed by atoms with E-state index in [2.05, 4.69) is 0 Å². The van der Waals surface area contributed by atoms with Gasteiger partial charge in [0.1, 0.15) is 5.56 Å². The third-order valence-corrected chi connectivity index (χ3v) is 3.08. The van der Waals surface area contributed by atoms with Crippen molar-refractivity contribution in [3.8, 4) is 11.5 Å². The van der Waals surface area contributed by atoms with Crippen LogP contribution in [-0.2, 0) is 0 Å². The predicted molar refractivity (Wildman–Crippen MR) is 68.1 cm³/mol. The van der Waals surface area contributed by atoms with E-state index in [4.69, 9.17) is 9.47 Å². The number of carbonyl (C=O) groups excluding carboxylic acids is 1. The zero-order chi connectivity index (χ0) is 14.9. The van der Waals surface area contributed by atoms with Gasteiger partial charge in [0.15, 0.2) is 11.5 Å². The van der Waals surface area contributed by atoms with Crippen molar-refractivity contribution in [1.29, 1.82) is 0 Å². The number of likely N-dealkylation sites (tertiary alicyclic amines) is 1. The Kier molecular flexibility index (Phi) is 3.75. The molecule has 0 radical (unpaired) electrons. The topological polar surface area (TPSA) is 102 Å². The lowest BCUT2D eigenvalue weighted by atomic mass is 10.1. The van der Waals surface area contributed by atoms with E-state index in [1.807, 2.05) is 0 Å². The Morgan fingerprint density at radius 2 is 1.90 bits per heavy atom. The molecule has 8 nitrogen and oxygen atoms in total. The van der Waals surface area contributed by atoms with Gasteiger partial charge in [0, 0.05) is 19.2 Å². The van der Waals surface area contributed by atoms with Gasteiger partial charge in [0.25, 0.3) is 11.6 Å². The highest BCUT2D eigenvalue weighted by atomic mass is 16.6. The molecule has 0 aromatic heterocycles. The number of rotatable bonds is 4. The Balaban J connectivity index is 2.44. The van der Waals surface area contributed by atoms with Crippen molar-refractivity contribution in [2.75, 3.05) is 27.3 Å². The second-order valence-electron chi connectivity index (χ2n) is 4.35. The lowest BCUT2D eigenvalue weighted by molar-refractivity contribution is -0.385. The molecule has 1 amide bonds. The molecule has 0 spiro atoms. The summed E-state index contributed by atoms with van der Waals surface area (Å²) in [4.78, 5) is 23.9. The molecule has 1 N–H and O–H groups in total. The number of nitro groups is 1. The van der Waals surface area contributed by atoms with Crippen LogP contribution in [0.25, 0.3) is 0 Å². The smallest absolute Gasteiger partial charge is 0.286 e. The number of carbonyl (C=O) groups is 1. The van der Waals surface area contributed by atoms with Crippen LogP contribution in [0, 0.1) is 10.1 Å². The minimum absolute atomic E-state index is 0.0837. The molecule has 0 saturated carbocycles. The van der Waals surface area contributed by atoms with Gasteiger partial charge in [-0.2, -0.15) is 0 Å². The first-order valence-corrected chi connectivity index (χ1v) is 5.85. The largest absolute Gasteiger partial charge is 0.493 e. The molecule has 1 aromatic carbocycles. The van der Waals surface area contributed by atoms with E-state index in [-0.39, 0.29) is 35.8 Å². The second-order valence-corrected chi connectivity index (χ2v) is 4.35. The van der Waals surface area contributed by atoms with Crippen molar-refractivity contribution >= 4 is 11.6 Å². The molecule has 108 valence electrons. The fourth-order valence-electron chi connectivity index (χ4n) is 1.98. The number of nitrogens with zero attached hydrogens (tertiary/aromatic N) is 2. The number of aliphatic hydroxyl groups is 1. The van der Waals surface area contributed by atoms with Crippen molar-refractivity contribution < 1.29 is 24.3 Å². The summed E-state index contributed by atoms with van der Waals surface area (Å²) < 4.78 is 10.0. The van der Waals surface area contributed by atoms with Crippen LogP contribution in [0.4, 0.5) is 5.69 Å². The summed E-state index contributed by atoms with van der Waals surface area (Å²) >= 11 is 0. The van der Waals surface area contributed by atoms with Gasteiger partial charge in [0.05, 0.1) is 31.3 Å². The minimum atomic E-state index is -0.647. The molecule has 0 atom stereocenters. The standard InChI is InChI=1S/C12H14N2O6/c1-19-10-3-8(12(16)13-5-7(15)6-13)9(14(17)18)4-11(10)20-2/h3-4,7,15H,5-6H2,1-2H3. The quantitative estimate of drug-likeness (QED) is 0.634. The monoisotopic (exact) mass is 282 g/mol. The Labute approximate surface area is 114 Å². The number of β-amino-alcohol motifs (C(OH)–C–C–N with tert-alkyl or cyclic N) is 1. The summed E-state index contributed by atoms with van der Waals surface area (Å²) in [6, 6.07) is 2.44. The van der Waals surface area contributed by atoms with Crippen LogP contribution in [0.3, 0.4) is 0 Å². The van der Waals surface area contributed by atoms with Crippen molar-refractivity contribution in [2.45, 2.75) is 6.10 Å². The number of hydrogen-bond acceptors (Lipinski definition) is 6. The number of amides is 1. The number of benzene rings is 1. The molecule has 2 rings (SSSR count). The zero-order valence-electron chi connectivity index (χ0n) is 11.0. The SMILES string of the molecule is COc1cc(C(=O)N2CC(O)C2)c([N+](=O)[O-])cc1OC. The van der Waals surface area contributed by atoms with Crippen molar-refractivity contribution in [2.24, 2.45) is 0 Å². The molecule has 1 heterocycles. The van der Waals surface area contributed by atoms with Crippen molar-refractivity contribution in [3.05, 3.63) is 27.8 Å². The van der Waals surface area contributed by atoms with Gasteiger partial charge >= 0.3 is 0 Å². The minimum Gasteiger partial charge on any atom is -0.493 e. The van der Waals surface area contributed by atoms with Crippen LogP contribution in [0.15, 0.2) is 12.1 Å². The molecule has 1 saturated heterocycles. The average molecular weight is 282 g/mol. The highest BCUT2D eigenvalue weighted by Crippen LogP contribution is 2.35. The van der Waals surface area contributed by atoms with Crippen LogP contribution in [0.5, 0.6) is 11.5 Å². The summed E-state index contributed by atoms with van der Waals surface area (Å²) in [5.41, 5.74) is -0.436. The molecule has 1 aliphatic heterocycles. The third kappa shape index (κ3) is 2.37. The van der Waals surface area contributed by atoms with Crippen LogP contribution in [0.2, 0.25) is 0 Å². The molecule has 1 fully saturated rings. The molecule has 0 bridgehead atoms. The van der Waals surface area contributed by atoms with Gasteiger partial charge in [-0.15, -0.1) is 0 Å². The van der Waals surface area contributed by atoms with Crippen molar-refractivity contribution in [1.82, 2.24) is 4.90 Å². The molecule has 1 aliphatic rings. The van der Waals surface area contributed by atoms with Crippen molar-refractivity contribution in [3.63, 3.8) is 0 Å². The Hall–Kier alpha value is -2.35. The van der Waals surface area contributed by atoms with Gasteiger partial charge < -0.3 is 19.5 Å². The lowest BCUT2D eigenvalue weighted by Gasteiger charge is -2.35. The number of nitro benzene ring substituents is 1. The average Bonchev–Trinajstić information content (AvgIpc) is 2.41. The first-order valence-electron chi connectivity index (χ1n) is 5.85. The van der Waals surface area contributed by atoms with Gasteiger partial charge in [-0.3, -0.25) is 14.9 Å². The van der Waals surface area contributed by atoms with E-state index < -0.39 is 16.9 Å². The Bertz CT molecular complexity index is 553. The lowest BCUT2D eigenvalue weighted by Crippen LogP contribution is -2.53. The van der Waals surface area contributed by atoms with E-state index in [0.29, 0.717) is 0 Å². The summed E-state index contributed by atoms with van der Waals surface area (Å²) in [6.45, 7) is 0.342. The third-order valence-electron chi connectivity index (χ3n) is 3.08. The van der Waals surface area contributed by atoms with Crippen LogP contribution in [-0.4, -0.2) is 54.3 Å². The summed E-state index contributed by atoms with van der Waals surface area (Å²) in [7, 11) is 2.74. The molecular weight excluding hydrogens is 268 g/mol. The Morgan fingerprint density at radius 3 is 2.35 bits per heavy atom. The maximum Gasteiger partial charge on any atom is 0.286 e. The van der Waals surface area contributed by atoms with Crippen LogP contribution in [0.1, 0.15) is 10.4 Å². The maximum atomic E-state index is 12.2. The normalized spacial score (nSPS) is 14.7. The first kappa shape index (κ1) is 14.1. The summed E-state index contributed by atoms with van der Waals surface area (Å²) in [6.07, 6.45) is -0.571. The van der Waals surface area contributed by atoms with Crippen LogP contribution >= 0.6 is 0 Å². The molecular formula is C12H14N2O6. The first-order chi connectivity index (χ1) is 9.47. The van der Waals surface area contributed by atoms with Gasteiger partial charge in [-0.05, 0) is 0 Å². The molecule has 1 aromatic rings. The molecule has 0 unspecified atom stereocenters. The highest BCUT2D eigenvalue weighted by Gasteiger charge is 2.34. The van der Waals surface area contributed by atoms with Gasteiger partial charge in [0.2, 0.25) is 0 Å². The van der Waals surface area contributed by atoms with E-state index in [1.54, 1.807) is 0 Å². The van der Waals surface area contributed by atoms with E-state index in [0.717, 1.165) is 6.07 Å². The van der Waals surface area contributed by atoms with Crippen LogP contribution < -0.4 is 9.47 Å². The zero-order valence-corrected chi connectivity index (χ0v) is 11.0. The summed E-state index contributed by atoms with van der Waals surface area (Å²) in [5, 5.41) is 20.3. The molecule has 8 heteroatoms. The number of hydrogen-bond donors (Lipinski definition) is 1. The van der Waals surface area contributed by atoms with E-state index in [9.17, 15) is 20.0 Å².